The van der Waals surface area contributed by atoms with Gasteiger partial charge in [-0.05, 0) is 82.6 Å². The number of benzene rings is 2. The molecule has 23 nitrogen and oxygen atoms in total. The number of nitrogens with one attached hydrogen (secondary N) is 6. The van der Waals surface area contributed by atoms with Crippen molar-refractivity contribution < 1.29 is 76.6 Å². The second kappa shape index (κ2) is 33.1. The molecule has 10 N–H and O–H groups in total. The van der Waals surface area contributed by atoms with Gasteiger partial charge in [0.25, 0.3) is 0 Å². The molecule has 0 aliphatic carbocycles. The number of fused-ring (bicyclic) bond motifs is 4. The summed E-state index contributed by atoms with van der Waals surface area (Å²) in [6.45, 7) is 12.0. The van der Waals surface area contributed by atoms with Gasteiger partial charge in [-0.25, -0.2) is 18.8 Å². The minimum absolute atomic E-state index is 0.00310. The van der Waals surface area contributed by atoms with E-state index in [0.29, 0.717) is 31.2 Å². The van der Waals surface area contributed by atoms with Crippen molar-refractivity contribution in [2.45, 2.75) is 160 Å². The van der Waals surface area contributed by atoms with Crippen molar-refractivity contribution in [2.24, 2.45) is 23.5 Å². The molecule has 2 heterocycles. The molecule has 0 saturated carbocycles. The van der Waals surface area contributed by atoms with Crippen LogP contribution < -0.4 is 47.3 Å². The van der Waals surface area contributed by atoms with Crippen molar-refractivity contribution >= 4 is 120 Å². The average Bonchev–Trinajstić information content (AvgIpc) is 1.38. The number of allylic oxidation sites excluding steroid dienone is 3. The monoisotopic (exact) mass is 1380 g/mol. The number of unbranched alkanes of at least 4 members (excludes halogenated alkanes) is 1. The summed E-state index contributed by atoms with van der Waals surface area (Å²) < 4.78 is 44.9. The van der Waals surface area contributed by atoms with Crippen molar-refractivity contribution in [2.75, 3.05) is 54.0 Å². The molecule has 478 valence electrons. The Labute approximate surface area is 527 Å². The highest BCUT2D eigenvalue weighted by molar-refractivity contribution is 9.10. The Morgan fingerprint density at radius 2 is 1.69 bits per heavy atom. The Balaban J connectivity index is 1.57. The number of nitrogens with two attached hydrogens (primary N) is 1. The van der Waals surface area contributed by atoms with Crippen molar-refractivity contribution in [3.63, 3.8) is 0 Å². The molecule has 4 bridgehead atoms. The third-order valence-electron chi connectivity index (χ3n) is 14.9. The lowest BCUT2D eigenvalue weighted by Crippen LogP contribution is -2.64. The van der Waals surface area contributed by atoms with Crippen LogP contribution in [0.5, 0.6) is 5.75 Å². The number of hydrogen-bond donors (Lipinski definition) is 9. The van der Waals surface area contributed by atoms with Crippen LogP contribution in [0.25, 0.3) is 0 Å². The lowest BCUT2D eigenvalue weighted by Gasteiger charge is -2.43. The summed E-state index contributed by atoms with van der Waals surface area (Å²) in [5, 5.41) is 39.2. The second-order valence-electron chi connectivity index (χ2n) is 22.6. The number of alkyl carbamates (subject to hydrolysis) is 1. The maximum Gasteiger partial charge on any atom is 0.411 e. The number of carbonyl (C=O) groups excluding carboxylic acids is 8. The highest BCUT2D eigenvalue weighted by atomic mass is 79.9. The quantitative estimate of drug-likeness (QED) is 0.0272. The smallest absolute Gasteiger partial charge is 0.411 e. The minimum atomic E-state index is -2.01. The molecule has 0 radical (unpaired) electrons. The Hall–Kier alpha value is -5.61. The number of amides is 8. The predicted molar refractivity (Wildman–Crippen MR) is 330 cm³/mol. The maximum absolute atomic E-state index is 16.1. The molecular weight excluding hydrogens is 1300 g/mol. The number of urea groups is 1. The van der Waals surface area contributed by atoms with Gasteiger partial charge in [0.15, 0.2) is 12.0 Å². The van der Waals surface area contributed by atoms with E-state index in [-0.39, 0.29) is 70.1 Å². The molecule has 1 fully saturated rings. The SMILES string of the molecule is COc1cc2cc(c1Cl)N(C)C(=O)C[C@H](OC(=O)Nc1cc(F)c(NC(=O)[C@H](CCCNC(N)=O)NC(=O)[C@@H](NC(=O)CCCCC(C)(C)OC(C=O)(CBr)CBr)C(C)C)cc1Cl)[C@@H](C)[C@@H](O)[C@H](C)[C@@H]1C[C@@](O)(NC(=O)O1)[C@H](OC)/C=C/C=C(\C)C2. The first-order valence-corrected chi connectivity index (χ1v) is 30.9. The Kier molecular flexibility index (Phi) is 28.0. The van der Waals surface area contributed by atoms with E-state index < -0.39 is 131 Å². The van der Waals surface area contributed by atoms with Crippen LogP contribution in [0.15, 0.2) is 48.1 Å². The minimum Gasteiger partial charge on any atom is -0.495 e. The first-order chi connectivity index (χ1) is 40.4. The second-order valence-corrected chi connectivity index (χ2v) is 24.5. The van der Waals surface area contributed by atoms with Crippen LogP contribution in [0.2, 0.25) is 10.0 Å². The lowest BCUT2D eigenvalue weighted by atomic mass is 9.81. The third-order valence-corrected chi connectivity index (χ3v) is 17.5. The number of aliphatic hydroxyl groups is 2. The molecular formula is C58H81Br2Cl2FN8O15. The fourth-order valence-electron chi connectivity index (χ4n) is 9.87. The molecule has 86 heavy (non-hydrogen) atoms. The normalized spacial score (nSPS) is 23.0. The standard InChI is InChI=1S/C58H81Br2Cl2FN8O15/c1-31(2)49(69-46(73)18-11-12-19-56(6,7)86-57(28-59,29-60)30-72)52(77)66-38(16-14-20-65-53(64)78)51(76)67-40-24-36(61)39(25-37(40)63)68-54(79)84-42-26-47(74)71(8)41-22-35(23-43(82-9)48(41)62)21-32(3)15-13-17-45(83-10)58(81)27-44(85-55(80)70-58)34(5)50(75)33(42)4/h13,15,17,22-25,30-31,33-34,38,42,44-45,49-50,75,81H,11-12,14,16,18-21,26-29H2,1-10H3,(H,66,77)(H,67,76)(H,68,79)(H,69,73)(H,70,80)(H3,64,65,78)/b17-13+,32-15+/t33-,34-,38+,42+,44+,45-,49+,50-,58+/m1/s1. The molecule has 2 aliphatic heterocycles. The number of methoxy groups -OCH3 is 2. The molecule has 8 amide bonds. The number of aliphatic hydroxyl groups excluding tert-OH is 1. The molecule has 2 aliphatic rings. The van der Waals surface area contributed by atoms with Crippen LogP contribution >= 0.6 is 55.1 Å². The summed E-state index contributed by atoms with van der Waals surface area (Å²) in [6, 6.07) is 1.85. The van der Waals surface area contributed by atoms with Crippen molar-refractivity contribution in [1.29, 1.82) is 0 Å². The van der Waals surface area contributed by atoms with Crippen molar-refractivity contribution in [3.05, 3.63) is 69.5 Å². The van der Waals surface area contributed by atoms with E-state index >= 15 is 4.39 Å². The van der Waals surface area contributed by atoms with Crippen LogP contribution in [0.1, 0.15) is 105 Å². The van der Waals surface area contributed by atoms with Gasteiger partial charge in [-0.15, -0.1) is 0 Å². The molecule has 28 heteroatoms. The topological polar surface area (TPSA) is 325 Å². The van der Waals surface area contributed by atoms with E-state index in [1.54, 1.807) is 51.1 Å². The van der Waals surface area contributed by atoms with Gasteiger partial charge >= 0.3 is 18.2 Å². The maximum atomic E-state index is 16.1. The zero-order valence-electron chi connectivity index (χ0n) is 49.9. The van der Waals surface area contributed by atoms with Gasteiger partial charge in [0.05, 0.1) is 47.3 Å². The summed E-state index contributed by atoms with van der Waals surface area (Å²) >= 11 is 20.1. The van der Waals surface area contributed by atoms with Crippen LogP contribution in [0.4, 0.5) is 35.8 Å². The van der Waals surface area contributed by atoms with E-state index in [1.165, 1.54) is 33.1 Å². The van der Waals surface area contributed by atoms with E-state index in [9.17, 15) is 48.6 Å². The number of primary amides is 1. The predicted octanol–water partition coefficient (Wildman–Crippen LogP) is 8.10. The number of anilines is 3. The highest BCUT2D eigenvalue weighted by Crippen LogP contribution is 2.39. The Morgan fingerprint density at radius 3 is 2.30 bits per heavy atom. The average molecular weight is 1380 g/mol. The number of alkyl halides is 2. The molecule has 4 rings (SSSR count). The van der Waals surface area contributed by atoms with Gasteiger partial charge in [-0.2, -0.15) is 0 Å². The van der Waals surface area contributed by atoms with Gasteiger partial charge < -0.3 is 70.6 Å². The van der Waals surface area contributed by atoms with Gasteiger partial charge in [-0.1, -0.05) is 113 Å². The number of nitrogens with zero attached hydrogens (tertiary/aromatic N) is 1. The summed E-state index contributed by atoms with van der Waals surface area (Å²) in [6.07, 6.45) is -0.660. The number of ether oxygens (including phenoxy) is 5. The van der Waals surface area contributed by atoms with Crippen LogP contribution in [-0.4, -0.2) is 150 Å². The van der Waals surface area contributed by atoms with Gasteiger partial charge in [0.1, 0.15) is 52.6 Å². The summed E-state index contributed by atoms with van der Waals surface area (Å²) in [4.78, 5) is 107. The van der Waals surface area contributed by atoms with Gasteiger partial charge in [0.2, 0.25) is 23.6 Å². The number of halogens is 5. The van der Waals surface area contributed by atoms with Crippen molar-refractivity contribution in [1.82, 2.24) is 21.3 Å². The van der Waals surface area contributed by atoms with Crippen LogP contribution in [-0.2, 0) is 49.3 Å². The zero-order chi connectivity index (χ0) is 64.4. The zero-order valence-corrected chi connectivity index (χ0v) is 54.6. The van der Waals surface area contributed by atoms with Gasteiger partial charge in [-0.3, -0.25) is 29.8 Å². The fourth-order valence-corrected chi connectivity index (χ4v) is 11.8. The van der Waals surface area contributed by atoms with Gasteiger partial charge in [0, 0.05) is 62.1 Å². The van der Waals surface area contributed by atoms with E-state index in [2.05, 4.69) is 63.8 Å². The molecule has 0 spiro atoms. The molecule has 0 unspecified atom stereocenters. The largest absolute Gasteiger partial charge is 0.495 e. The molecule has 9 atom stereocenters. The van der Waals surface area contributed by atoms with E-state index in [1.807, 2.05) is 20.8 Å². The van der Waals surface area contributed by atoms with Crippen molar-refractivity contribution in [3.8, 4) is 5.75 Å². The summed E-state index contributed by atoms with van der Waals surface area (Å²) in [7, 11) is 4.22. The fraction of sp³-hybridized carbons (Fsp3) is 0.586. The number of aldehydes is 1. The molecule has 0 aromatic heterocycles. The Morgan fingerprint density at radius 1 is 1.00 bits per heavy atom. The number of hydrogen-bond acceptors (Lipinski definition) is 15. The van der Waals surface area contributed by atoms with E-state index in [4.69, 9.17) is 52.6 Å². The third kappa shape index (κ3) is 20.8. The van der Waals surface area contributed by atoms with Crippen LogP contribution in [0, 0.1) is 23.6 Å². The van der Waals surface area contributed by atoms with E-state index in [0.717, 1.165) is 24.0 Å². The molecule has 2 aromatic carbocycles. The first kappa shape index (κ1) is 72.9. The summed E-state index contributed by atoms with van der Waals surface area (Å²) in [5.74, 6) is -6.14. The highest BCUT2D eigenvalue weighted by Gasteiger charge is 2.49. The lowest BCUT2D eigenvalue weighted by molar-refractivity contribution is -0.152. The number of rotatable bonds is 24. The van der Waals surface area contributed by atoms with Crippen LogP contribution in [0.3, 0.4) is 0 Å². The number of carbonyl (C=O) groups is 8. The summed E-state index contributed by atoms with van der Waals surface area (Å²) in [5.41, 5.74) is 2.38. The molecule has 2 aromatic rings. The first-order valence-electron chi connectivity index (χ1n) is 27.9. The Bertz CT molecular complexity index is 2810. The molecule has 1 saturated heterocycles.